The van der Waals surface area contributed by atoms with Crippen LogP contribution in [0.5, 0.6) is 0 Å². The summed E-state index contributed by atoms with van der Waals surface area (Å²) < 4.78 is 0. The van der Waals surface area contributed by atoms with Crippen molar-refractivity contribution in [1.82, 2.24) is 4.98 Å². The third-order valence-electron chi connectivity index (χ3n) is 3.14. The Bertz CT molecular complexity index is 418. The van der Waals surface area contributed by atoms with E-state index in [0.29, 0.717) is 11.3 Å². The monoisotopic (exact) mass is 216 g/mol. The van der Waals surface area contributed by atoms with Crippen LogP contribution in [-0.2, 0) is 0 Å². The second-order valence-electron chi connectivity index (χ2n) is 4.43. The van der Waals surface area contributed by atoms with E-state index < -0.39 is 0 Å². The van der Waals surface area contributed by atoms with Crippen molar-refractivity contribution in [2.45, 2.75) is 19.3 Å². The molecular weight excluding hydrogens is 200 g/mol. The Hall–Kier alpha value is -1.76. The van der Waals surface area contributed by atoms with Crippen LogP contribution in [0, 0.1) is 17.2 Å². The highest BCUT2D eigenvalue weighted by Crippen LogP contribution is 2.29. The van der Waals surface area contributed by atoms with Gasteiger partial charge in [0, 0.05) is 19.8 Å². The van der Waals surface area contributed by atoms with E-state index in [1.807, 2.05) is 13.1 Å². The largest absolute Gasteiger partial charge is 0.396 e. The van der Waals surface area contributed by atoms with Gasteiger partial charge in [0.05, 0.1) is 11.3 Å². The molecule has 1 saturated carbocycles. The van der Waals surface area contributed by atoms with Gasteiger partial charge in [-0.25, -0.2) is 4.98 Å². The molecule has 0 aliphatic heterocycles. The number of aromatic nitrogens is 1. The van der Waals surface area contributed by atoms with Crippen molar-refractivity contribution in [2.75, 3.05) is 24.2 Å². The van der Waals surface area contributed by atoms with E-state index in [4.69, 9.17) is 11.0 Å². The summed E-state index contributed by atoms with van der Waals surface area (Å²) in [4.78, 5) is 6.32. The van der Waals surface area contributed by atoms with E-state index in [-0.39, 0.29) is 0 Å². The van der Waals surface area contributed by atoms with Gasteiger partial charge in [0.1, 0.15) is 6.07 Å². The van der Waals surface area contributed by atoms with Crippen LogP contribution in [0.2, 0.25) is 0 Å². The summed E-state index contributed by atoms with van der Waals surface area (Å²) in [6.07, 6.45) is 5.53. The predicted octanol–water partition coefficient (Wildman–Crippen LogP) is 1.77. The van der Waals surface area contributed by atoms with Crippen molar-refractivity contribution in [1.29, 1.82) is 5.26 Å². The summed E-state index contributed by atoms with van der Waals surface area (Å²) in [7, 11) is 2.00. The molecule has 0 spiro atoms. The van der Waals surface area contributed by atoms with Crippen molar-refractivity contribution in [3.8, 4) is 6.07 Å². The Morgan fingerprint density at radius 3 is 2.88 bits per heavy atom. The van der Waals surface area contributed by atoms with Crippen LogP contribution >= 0.6 is 0 Å². The Labute approximate surface area is 95.7 Å². The number of anilines is 2. The van der Waals surface area contributed by atoms with Crippen molar-refractivity contribution in [3.63, 3.8) is 0 Å². The fourth-order valence-electron chi connectivity index (χ4n) is 2.00. The maximum Gasteiger partial charge on any atom is 0.151 e. The van der Waals surface area contributed by atoms with Gasteiger partial charge >= 0.3 is 0 Å². The zero-order valence-electron chi connectivity index (χ0n) is 9.48. The molecule has 4 nitrogen and oxygen atoms in total. The quantitative estimate of drug-likeness (QED) is 0.836. The lowest BCUT2D eigenvalue weighted by Gasteiger charge is -2.31. The Kier molecular flexibility index (Phi) is 2.95. The molecule has 4 heteroatoms. The van der Waals surface area contributed by atoms with Crippen LogP contribution in [0.4, 0.5) is 11.5 Å². The number of nitrogens with two attached hydrogens (primary N) is 1. The molecule has 0 aromatic carbocycles. The molecule has 0 saturated heterocycles. The number of nitriles is 1. The lowest BCUT2D eigenvalue weighted by molar-refractivity contribution is 0.321. The molecule has 1 aromatic rings. The highest BCUT2D eigenvalue weighted by Gasteiger charge is 2.20. The second kappa shape index (κ2) is 4.40. The summed E-state index contributed by atoms with van der Waals surface area (Å²) in [6, 6.07) is 3.72. The van der Waals surface area contributed by atoms with E-state index in [2.05, 4.69) is 9.88 Å². The van der Waals surface area contributed by atoms with Crippen LogP contribution in [0.25, 0.3) is 0 Å². The van der Waals surface area contributed by atoms with Gasteiger partial charge in [-0.05, 0) is 24.8 Å². The summed E-state index contributed by atoms with van der Waals surface area (Å²) in [5.41, 5.74) is 6.97. The first-order valence-electron chi connectivity index (χ1n) is 5.57. The SMILES string of the molecule is CN(CC1CCC1)c1ncc(C#N)cc1N. The van der Waals surface area contributed by atoms with Crippen molar-refractivity contribution in [3.05, 3.63) is 17.8 Å². The lowest BCUT2D eigenvalue weighted by atomic mass is 9.85. The molecule has 84 valence electrons. The highest BCUT2D eigenvalue weighted by molar-refractivity contribution is 5.64. The molecule has 2 N–H and O–H groups in total. The molecule has 0 atom stereocenters. The summed E-state index contributed by atoms with van der Waals surface area (Å²) in [5, 5.41) is 8.72. The van der Waals surface area contributed by atoms with Gasteiger partial charge in [0.2, 0.25) is 0 Å². The Morgan fingerprint density at radius 2 is 2.38 bits per heavy atom. The minimum atomic E-state index is 0.512. The van der Waals surface area contributed by atoms with Crippen molar-refractivity contribution >= 4 is 11.5 Å². The summed E-state index contributed by atoms with van der Waals surface area (Å²) in [6.45, 7) is 1.00. The maximum absolute atomic E-state index is 8.72. The number of hydrogen-bond donors (Lipinski definition) is 1. The second-order valence-corrected chi connectivity index (χ2v) is 4.43. The van der Waals surface area contributed by atoms with Gasteiger partial charge in [0.25, 0.3) is 0 Å². The molecule has 1 heterocycles. The van der Waals surface area contributed by atoms with Crippen LogP contribution in [0.15, 0.2) is 12.3 Å². The smallest absolute Gasteiger partial charge is 0.151 e. The van der Waals surface area contributed by atoms with Crippen LogP contribution < -0.4 is 10.6 Å². The topological polar surface area (TPSA) is 65.9 Å². The van der Waals surface area contributed by atoms with Crippen LogP contribution in [0.3, 0.4) is 0 Å². The zero-order chi connectivity index (χ0) is 11.5. The molecule has 0 unspecified atom stereocenters. The van der Waals surface area contributed by atoms with E-state index >= 15 is 0 Å². The molecule has 0 amide bonds. The average Bonchev–Trinajstić information content (AvgIpc) is 2.23. The van der Waals surface area contributed by atoms with Gasteiger partial charge in [-0.1, -0.05) is 6.42 Å². The predicted molar refractivity (Wildman–Crippen MR) is 64.0 cm³/mol. The number of pyridine rings is 1. The first-order chi connectivity index (χ1) is 7.70. The molecule has 16 heavy (non-hydrogen) atoms. The fourth-order valence-corrected chi connectivity index (χ4v) is 2.00. The molecule has 0 radical (unpaired) electrons. The number of rotatable bonds is 3. The third-order valence-corrected chi connectivity index (χ3v) is 3.14. The van der Waals surface area contributed by atoms with Crippen molar-refractivity contribution in [2.24, 2.45) is 5.92 Å². The summed E-state index contributed by atoms with van der Waals surface area (Å²) >= 11 is 0. The Morgan fingerprint density at radius 1 is 1.62 bits per heavy atom. The maximum atomic E-state index is 8.72. The number of hydrogen-bond acceptors (Lipinski definition) is 4. The van der Waals surface area contributed by atoms with E-state index in [0.717, 1.165) is 18.3 Å². The first kappa shape index (κ1) is 10.7. The standard InChI is InChI=1S/C12H16N4/c1-16(8-9-3-2-4-9)12-11(14)5-10(6-13)7-15-12/h5,7,9H,2-4,8,14H2,1H3. The lowest BCUT2D eigenvalue weighted by Crippen LogP contribution is -2.30. The minimum absolute atomic E-state index is 0.512. The normalized spacial score (nSPS) is 15.2. The molecule has 1 fully saturated rings. The zero-order valence-corrected chi connectivity index (χ0v) is 9.48. The number of nitrogens with zero attached hydrogens (tertiary/aromatic N) is 3. The molecule has 0 bridgehead atoms. The minimum Gasteiger partial charge on any atom is -0.396 e. The fraction of sp³-hybridized carbons (Fsp3) is 0.500. The molecular formula is C12H16N4. The molecule has 1 aromatic heterocycles. The first-order valence-corrected chi connectivity index (χ1v) is 5.57. The van der Waals surface area contributed by atoms with E-state index in [1.165, 1.54) is 19.3 Å². The highest BCUT2D eigenvalue weighted by atomic mass is 15.2. The average molecular weight is 216 g/mol. The van der Waals surface area contributed by atoms with Gasteiger partial charge in [-0.2, -0.15) is 5.26 Å². The number of nitrogen functional groups attached to an aromatic ring is 1. The van der Waals surface area contributed by atoms with Crippen molar-refractivity contribution < 1.29 is 0 Å². The third kappa shape index (κ3) is 2.08. The van der Waals surface area contributed by atoms with Gasteiger partial charge in [0.15, 0.2) is 5.82 Å². The van der Waals surface area contributed by atoms with E-state index in [1.54, 1.807) is 12.3 Å². The van der Waals surface area contributed by atoms with Gasteiger partial charge in [-0.3, -0.25) is 0 Å². The van der Waals surface area contributed by atoms with Crippen LogP contribution in [-0.4, -0.2) is 18.6 Å². The van der Waals surface area contributed by atoms with Gasteiger partial charge < -0.3 is 10.6 Å². The van der Waals surface area contributed by atoms with Gasteiger partial charge in [-0.15, -0.1) is 0 Å². The molecule has 1 aliphatic rings. The van der Waals surface area contributed by atoms with Crippen LogP contribution in [0.1, 0.15) is 24.8 Å². The molecule has 1 aliphatic carbocycles. The summed E-state index contributed by atoms with van der Waals surface area (Å²) in [5.74, 6) is 1.56. The molecule has 2 rings (SSSR count). The Balaban J connectivity index is 2.10. The van der Waals surface area contributed by atoms with E-state index in [9.17, 15) is 0 Å².